The second-order valence-electron chi connectivity index (χ2n) is 5.76. The predicted octanol–water partition coefficient (Wildman–Crippen LogP) is 1.82. The third kappa shape index (κ3) is 4.69. The van der Waals surface area contributed by atoms with Gasteiger partial charge in [0.15, 0.2) is 0 Å². The molecule has 0 aliphatic heterocycles. The first kappa shape index (κ1) is 19.2. The van der Waals surface area contributed by atoms with Gasteiger partial charge in [-0.2, -0.15) is 0 Å². The molecule has 7 nitrogen and oxygen atoms in total. The number of carboxylic acid groups (broad SMARTS) is 1. The summed E-state index contributed by atoms with van der Waals surface area (Å²) >= 11 is 0. The van der Waals surface area contributed by atoms with Gasteiger partial charge in [0.25, 0.3) is 11.8 Å². The van der Waals surface area contributed by atoms with E-state index in [9.17, 15) is 18.8 Å². The van der Waals surface area contributed by atoms with Crippen molar-refractivity contribution in [2.24, 2.45) is 0 Å². The summed E-state index contributed by atoms with van der Waals surface area (Å²) in [6.45, 7) is 3.49. The number of hydrogen-bond donors (Lipinski definition) is 3. The van der Waals surface area contributed by atoms with Crippen molar-refractivity contribution in [3.63, 3.8) is 0 Å². The van der Waals surface area contributed by atoms with Crippen LogP contribution in [0, 0.1) is 19.7 Å². The van der Waals surface area contributed by atoms with Gasteiger partial charge in [0.2, 0.25) is 0 Å². The van der Waals surface area contributed by atoms with Gasteiger partial charge in [0.1, 0.15) is 18.0 Å². The van der Waals surface area contributed by atoms with E-state index in [2.05, 4.69) is 10.6 Å². The van der Waals surface area contributed by atoms with E-state index in [1.54, 1.807) is 13.8 Å². The predicted molar refractivity (Wildman–Crippen MR) is 90.6 cm³/mol. The highest BCUT2D eigenvalue weighted by Gasteiger charge is 2.20. The lowest BCUT2D eigenvalue weighted by atomic mass is 10.1. The number of benzene rings is 1. The molecule has 0 unspecified atom stereocenters. The van der Waals surface area contributed by atoms with Gasteiger partial charge in [-0.15, -0.1) is 0 Å². The Labute approximate surface area is 149 Å². The summed E-state index contributed by atoms with van der Waals surface area (Å²) in [5, 5.41) is 14.0. The van der Waals surface area contributed by atoms with Crippen LogP contribution in [0.5, 0.6) is 0 Å². The molecule has 26 heavy (non-hydrogen) atoms. The largest absolute Gasteiger partial charge is 0.481 e. The van der Waals surface area contributed by atoms with E-state index in [0.29, 0.717) is 11.1 Å². The van der Waals surface area contributed by atoms with Gasteiger partial charge in [-0.3, -0.25) is 14.4 Å². The molecule has 0 atom stereocenters. The van der Waals surface area contributed by atoms with Crippen molar-refractivity contribution in [3.05, 3.63) is 58.3 Å². The molecule has 0 aliphatic carbocycles. The first-order chi connectivity index (χ1) is 12.3. The maximum Gasteiger partial charge on any atom is 0.311 e. The molecule has 3 N–H and O–H groups in total. The molecular weight excluding hydrogens is 343 g/mol. The summed E-state index contributed by atoms with van der Waals surface area (Å²) in [6.07, 6.45) is 0.924. The number of aliphatic carboxylic acids is 1. The Balaban J connectivity index is 1.87. The van der Waals surface area contributed by atoms with Crippen molar-refractivity contribution in [2.45, 2.75) is 20.3 Å². The van der Waals surface area contributed by atoms with Crippen molar-refractivity contribution >= 4 is 17.8 Å². The lowest BCUT2D eigenvalue weighted by molar-refractivity contribution is -0.136. The molecule has 0 saturated heterocycles. The van der Waals surface area contributed by atoms with Crippen LogP contribution in [-0.2, 0) is 11.2 Å². The van der Waals surface area contributed by atoms with Crippen molar-refractivity contribution in [2.75, 3.05) is 13.1 Å². The minimum absolute atomic E-state index is 0.0756. The van der Waals surface area contributed by atoms with E-state index in [-0.39, 0.29) is 30.0 Å². The Hall–Kier alpha value is -3.16. The molecule has 0 bridgehead atoms. The van der Waals surface area contributed by atoms with E-state index < -0.39 is 30.0 Å². The van der Waals surface area contributed by atoms with Crippen molar-refractivity contribution in [1.29, 1.82) is 0 Å². The average molecular weight is 362 g/mol. The fraction of sp³-hybridized carbons (Fsp3) is 0.278. The van der Waals surface area contributed by atoms with Crippen LogP contribution in [0.2, 0.25) is 0 Å². The molecule has 0 spiro atoms. The second-order valence-corrected chi connectivity index (χ2v) is 5.76. The molecule has 8 heteroatoms. The summed E-state index contributed by atoms with van der Waals surface area (Å²) in [7, 11) is 0. The van der Waals surface area contributed by atoms with Crippen LogP contribution in [0.15, 0.2) is 28.9 Å². The molecule has 2 amide bonds. The number of rotatable bonds is 7. The molecule has 1 aromatic heterocycles. The minimum Gasteiger partial charge on any atom is -0.481 e. The number of furan rings is 1. The van der Waals surface area contributed by atoms with Crippen LogP contribution in [0.25, 0.3) is 0 Å². The van der Waals surface area contributed by atoms with Crippen molar-refractivity contribution in [1.82, 2.24) is 10.6 Å². The van der Waals surface area contributed by atoms with E-state index >= 15 is 0 Å². The number of carbonyl (C=O) groups is 3. The van der Waals surface area contributed by atoms with E-state index in [1.165, 1.54) is 18.4 Å². The molecule has 138 valence electrons. The Morgan fingerprint density at radius 1 is 1.08 bits per heavy atom. The highest BCUT2D eigenvalue weighted by molar-refractivity contribution is 5.97. The number of hydrogen-bond acceptors (Lipinski definition) is 4. The van der Waals surface area contributed by atoms with E-state index in [4.69, 9.17) is 9.52 Å². The number of halogens is 1. The second kappa shape index (κ2) is 8.28. The molecule has 0 fully saturated rings. The first-order valence-electron chi connectivity index (χ1n) is 7.91. The summed E-state index contributed by atoms with van der Waals surface area (Å²) in [5.41, 5.74) is 1.34. The number of carbonyl (C=O) groups excluding carboxylic acids is 2. The average Bonchev–Trinajstić information content (AvgIpc) is 2.93. The highest BCUT2D eigenvalue weighted by atomic mass is 19.1. The smallest absolute Gasteiger partial charge is 0.311 e. The summed E-state index contributed by atoms with van der Waals surface area (Å²) in [6, 6.07) is 4.17. The zero-order valence-corrected chi connectivity index (χ0v) is 14.4. The summed E-state index contributed by atoms with van der Waals surface area (Å²) < 4.78 is 18.6. The van der Waals surface area contributed by atoms with Gasteiger partial charge in [0.05, 0.1) is 11.8 Å². The van der Waals surface area contributed by atoms with E-state index in [1.807, 2.05) is 0 Å². The number of nitrogens with one attached hydrogen (secondary N) is 2. The fourth-order valence-electron chi connectivity index (χ4n) is 2.35. The standard InChI is InChI=1S/C18H19FN2O5/c1-10-3-4-12(7-13(10)19)17(24)20-5-6-21-18(25)16-11(2)9-26-14(16)8-15(22)23/h3-4,7,9H,5-6,8H2,1-2H3,(H,20,24)(H,21,25)(H,22,23). The zero-order valence-electron chi connectivity index (χ0n) is 14.4. The van der Waals surface area contributed by atoms with Crippen molar-refractivity contribution in [3.8, 4) is 0 Å². The number of amides is 2. The van der Waals surface area contributed by atoms with Gasteiger partial charge in [-0.25, -0.2) is 4.39 Å². The normalized spacial score (nSPS) is 10.4. The first-order valence-corrected chi connectivity index (χ1v) is 7.91. The third-order valence-corrected chi connectivity index (χ3v) is 3.72. The van der Waals surface area contributed by atoms with Gasteiger partial charge in [-0.1, -0.05) is 6.07 Å². The quantitative estimate of drug-likeness (QED) is 0.651. The molecule has 2 aromatic rings. The molecular formula is C18H19FN2O5. The summed E-state index contributed by atoms with van der Waals surface area (Å²) in [4.78, 5) is 34.9. The van der Waals surface area contributed by atoms with Crippen LogP contribution >= 0.6 is 0 Å². The highest BCUT2D eigenvalue weighted by Crippen LogP contribution is 2.17. The van der Waals surface area contributed by atoms with Crippen LogP contribution in [0.1, 0.15) is 37.6 Å². The number of aryl methyl sites for hydroxylation is 2. The SMILES string of the molecule is Cc1ccc(C(=O)NCCNC(=O)c2c(C)coc2CC(=O)O)cc1F. The lowest BCUT2D eigenvalue weighted by Gasteiger charge is -2.08. The Bertz CT molecular complexity index is 844. The minimum atomic E-state index is -1.11. The Kier molecular flexibility index (Phi) is 6.11. The van der Waals surface area contributed by atoms with Crippen LogP contribution in [0.3, 0.4) is 0 Å². The third-order valence-electron chi connectivity index (χ3n) is 3.72. The molecule has 1 aromatic carbocycles. The Morgan fingerprint density at radius 2 is 1.73 bits per heavy atom. The molecule has 2 rings (SSSR count). The maximum atomic E-state index is 13.5. The monoisotopic (exact) mass is 362 g/mol. The molecule has 0 saturated carbocycles. The van der Waals surface area contributed by atoms with Gasteiger partial charge in [0, 0.05) is 24.2 Å². The molecule has 0 radical (unpaired) electrons. The summed E-state index contributed by atoms with van der Waals surface area (Å²) in [5.74, 6) is -2.43. The lowest BCUT2D eigenvalue weighted by Crippen LogP contribution is -2.35. The van der Waals surface area contributed by atoms with Gasteiger partial charge >= 0.3 is 5.97 Å². The zero-order chi connectivity index (χ0) is 19.3. The van der Waals surface area contributed by atoms with Gasteiger partial charge < -0.3 is 20.2 Å². The van der Waals surface area contributed by atoms with Crippen molar-refractivity contribution < 1.29 is 28.3 Å². The topological polar surface area (TPSA) is 109 Å². The Morgan fingerprint density at radius 3 is 2.35 bits per heavy atom. The van der Waals surface area contributed by atoms with Crippen LogP contribution < -0.4 is 10.6 Å². The number of carboxylic acids is 1. The molecule has 1 heterocycles. The molecule has 0 aliphatic rings. The van der Waals surface area contributed by atoms with Crippen LogP contribution in [-0.4, -0.2) is 36.0 Å². The maximum absolute atomic E-state index is 13.5. The van der Waals surface area contributed by atoms with Crippen LogP contribution in [0.4, 0.5) is 4.39 Å². The van der Waals surface area contributed by atoms with Gasteiger partial charge in [-0.05, 0) is 31.5 Å². The van der Waals surface area contributed by atoms with E-state index in [0.717, 1.165) is 6.07 Å². The fourth-order valence-corrected chi connectivity index (χ4v) is 2.35.